The number of nitro groups is 1. The molecule has 0 heterocycles. The number of ether oxygens (including phenoxy) is 2. The molecule has 120 valence electrons. The maximum Gasteiger partial charge on any atom is 0.269 e. The van der Waals surface area contributed by atoms with Crippen LogP contribution in [0.25, 0.3) is 0 Å². The quantitative estimate of drug-likeness (QED) is 0.653. The predicted molar refractivity (Wildman–Crippen MR) is 84.8 cm³/mol. The Labute approximate surface area is 133 Å². The van der Waals surface area contributed by atoms with E-state index in [0.29, 0.717) is 17.2 Å². The minimum absolute atomic E-state index is 0.0365. The van der Waals surface area contributed by atoms with E-state index in [2.05, 4.69) is 5.32 Å². The zero-order valence-electron chi connectivity index (χ0n) is 12.7. The monoisotopic (exact) mass is 316 g/mol. The summed E-state index contributed by atoms with van der Waals surface area (Å²) in [5, 5.41) is 13.2. The number of benzene rings is 2. The molecule has 0 aromatic heterocycles. The van der Waals surface area contributed by atoms with E-state index in [0.717, 1.165) is 0 Å². The van der Waals surface area contributed by atoms with Gasteiger partial charge in [-0.25, -0.2) is 0 Å². The van der Waals surface area contributed by atoms with Gasteiger partial charge in [-0.1, -0.05) is 0 Å². The minimum atomic E-state index is -0.724. The summed E-state index contributed by atoms with van der Waals surface area (Å²) in [6.07, 6.45) is -0.724. The zero-order valence-corrected chi connectivity index (χ0v) is 12.7. The molecule has 2 aromatic rings. The highest BCUT2D eigenvalue weighted by Gasteiger charge is 2.15. The van der Waals surface area contributed by atoms with Crippen LogP contribution in [-0.2, 0) is 4.79 Å². The van der Waals surface area contributed by atoms with Gasteiger partial charge in [-0.3, -0.25) is 14.9 Å². The number of nitrogens with zero attached hydrogens (tertiary/aromatic N) is 1. The lowest BCUT2D eigenvalue weighted by Crippen LogP contribution is -2.30. The fourth-order valence-corrected chi connectivity index (χ4v) is 1.82. The molecule has 7 heteroatoms. The molecular weight excluding hydrogens is 300 g/mol. The molecule has 0 saturated heterocycles. The van der Waals surface area contributed by atoms with Gasteiger partial charge in [-0.15, -0.1) is 0 Å². The number of carbonyl (C=O) groups excluding carboxylic acids is 1. The number of rotatable bonds is 6. The first-order valence-corrected chi connectivity index (χ1v) is 6.85. The van der Waals surface area contributed by atoms with Crippen LogP contribution in [0.3, 0.4) is 0 Å². The van der Waals surface area contributed by atoms with E-state index in [9.17, 15) is 14.9 Å². The maximum absolute atomic E-state index is 12.1. The van der Waals surface area contributed by atoms with Crippen molar-refractivity contribution in [1.29, 1.82) is 0 Å². The van der Waals surface area contributed by atoms with Gasteiger partial charge >= 0.3 is 0 Å². The van der Waals surface area contributed by atoms with Gasteiger partial charge in [0.1, 0.15) is 11.5 Å². The van der Waals surface area contributed by atoms with Crippen LogP contribution < -0.4 is 14.8 Å². The van der Waals surface area contributed by atoms with Crippen molar-refractivity contribution < 1.29 is 19.2 Å². The molecule has 0 saturated carbocycles. The number of anilines is 1. The minimum Gasteiger partial charge on any atom is -0.497 e. The molecule has 2 rings (SSSR count). The molecule has 0 spiro atoms. The second kappa shape index (κ2) is 7.26. The summed E-state index contributed by atoms with van der Waals surface area (Å²) in [4.78, 5) is 22.1. The molecule has 0 radical (unpaired) electrons. The Morgan fingerprint density at radius 1 is 1.09 bits per heavy atom. The van der Waals surface area contributed by atoms with Crippen molar-refractivity contribution in [2.24, 2.45) is 0 Å². The number of non-ortho nitro benzene ring substituents is 1. The largest absolute Gasteiger partial charge is 0.497 e. The second-order valence-corrected chi connectivity index (χ2v) is 4.73. The number of hydrogen-bond donors (Lipinski definition) is 1. The van der Waals surface area contributed by atoms with Crippen LogP contribution in [0, 0.1) is 10.1 Å². The van der Waals surface area contributed by atoms with Crippen LogP contribution in [0.2, 0.25) is 0 Å². The van der Waals surface area contributed by atoms with Gasteiger partial charge in [0.25, 0.3) is 11.6 Å². The van der Waals surface area contributed by atoms with E-state index < -0.39 is 11.0 Å². The highest BCUT2D eigenvalue weighted by Crippen LogP contribution is 2.19. The average Bonchev–Trinajstić information content (AvgIpc) is 2.56. The Balaban J connectivity index is 1.94. The summed E-state index contributed by atoms with van der Waals surface area (Å²) in [5.41, 5.74) is 0.427. The number of nitrogens with one attached hydrogen (secondary N) is 1. The molecule has 0 unspecified atom stereocenters. The van der Waals surface area contributed by atoms with Crippen molar-refractivity contribution >= 4 is 17.3 Å². The molecule has 0 aliphatic rings. The van der Waals surface area contributed by atoms with Crippen LogP contribution >= 0.6 is 0 Å². The first-order valence-electron chi connectivity index (χ1n) is 6.85. The fourth-order valence-electron chi connectivity index (χ4n) is 1.82. The molecule has 0 aliphatic heterocycles. The summed E-state index contributed by atoms with van der Waals surface area (Å²) in [5.74, 6) is 0.882. The second-order valence-electron chi connectivity index (χ2n) is 4.73. The average molecular weight is 316 g/mol. The molecule has 0 fully saturated rings. The summed E-state index contributed by atoms with van der Waals surface area (Å²) >= 11 is 0. The molecule has 0 bridgehead atoms. The van der Waals surface area contributed by atoms with Crippen molar-refractivity contribution in [3.05, 3.63) is 58.6 Å². The van der Waals surface area contributed by atoms with E-state index in [1.807, 2.05) is 0 Å². The fraction of sp³-hybridized carbons (Fsp3) is 0.188. The van der Waals surface area contributed by atoms with E-state index >= 15 is 0 Å². The van der Waals surface area contributed by atoms with Gasteiger partial charge in [0.2, 0.25) is 0 Å². The number of methoxy groups -OCH3 is 1. The molecule has 1 N–H and O–H groups in total. The highest BCUT2D eigenvalue weighted by atomic mass is 16.6. The van der Waals surface area contributed by atoms with Crippen LogP contribution in [0.5, 0.6) is 11.5 Å². The summed E-state index contributed by atoms with van der Waals surface area (Å²) in [6.45, 7) is 1.62. The standard InChI is InChI=1S/C16H16N2O5/c1-11(23-15-9-7-14(22-2)8-10-15)16(19)17-12-3-5-13(6-4-12)18(20)21/h3-11H,1-2H3,(H,17,19)/t11-/m1/s1. The van der Waals surface area contributed by atoms with E-state index in [4.69, 9.17) is 9.47 Å². The van der Waals surface area contributed by atoms with Crippen LogP contribution in [-0.4, -0.2) is 24.0 Å². The Morgan fingerprint density at radius 2 is 1.65 bits per heavy atom. The van der Waals surface area contributed by atoms with Crippen LogP contribution in [0.1, 0.15) is 6.92 Å². The summed E-state index contributed by atoms with van der Waals surface area (Å²) < 4.78 is 10.6. The third-order valence-corrected chi connectivity index (χ3v) is 3.09. The van der Waals surface area contributed by atoms with Crippen molar-refractivity contribution in [3.8, 4) is 11.5 Å². The number of nitro benzene ring substituents is 1. The third-order valence-electron chi connectivity index (χ3n) is 3.09. The lowest BCUT2D eigenvalue weighted by atomic mass is 10.2. The smallest absolute Gasteiger partial charge is 0.269 e. The SMILES string of the molecule is COc1ccc(O[C@H](C)C(=O)Nc2ccc([N+](=O)[O-])cc2)cc1. The Bertz CT molecular complexity index is 683. The van der Waals surface area contributed by atoms with Gasteiger partial charge < -0.3 is 14.8 Å². The van der Waals surface area contributed by atoms with Gasteiger partial charge in [0.15, 0.2) is 6.10 Å². The Hall–Kier alpha value is -3.09. The van der Waals surface area contributed by atoms with Gasteiger partial charge in [0, 0.05) is 17.8 Å². The molecular formula is C16H16N2O5. The first-order chi connectivity index (χ1) is 11.0. The number of amides is 1. The molecule has 23 heavy (non-hydrogen) atoms. The Morgan fingerprint density at radius 3 is 2.17 bits per heavy atom. The van der Waals surface area contributed by atoms with Gasteiger partial charge in [-0.05, 0) is 43.3 Å². The molecule has 2 aromatic carbocycles. The topological polar surface area (TPSA) is 90.7 Å². The molecule has 1 amide bonds. The van der Waals surface area contributed by atoms with Gasteiger partial charge in [0.05, 0.1) is 12.0 Å². The lowest BCUT2D eigenvalue weighted by molar-refractivity contribution is -0.384. The van der Waals surface area contributed by atoms with Crippen LogP contribution in [0.4, 0.5) is 11.4 Å². The zero-order chi connectivity index (χ0) is 16.8. The summed E-state index contributed by atoms with van der Waals surface area (Å²) in [6, 6.07) is 12.5. The Kier molecular flexibility index (Phi) is 5.14. The lowest BCUT2D eigenvalue weighted by Gasteiger charge is -2.15. The molecule has 1 atom stereocenters. The van der Waals surface area contributed by atoms with Crippen molar-refractivity contribution in [1.82, 2.24) is 0 Å². The van der Waals surface area contributed by atoms with Crippen molar-refractivity contribution in [2.45, 2.75) is 13.0 Å². The third kappa shape index (κ3) is 4.44. The summed E-state index contributed by atoms with van der Waals surface area (Å²) in [7, 11) is 1.57. The normalized spacial score (nSPS) is 11.4. The highest BCUT2D eigenvalue weighted by molar-refractivity contribution is 5.94. The first kappa shape index (κ1) is 16.3. The number of carbonyl (C=O) groups is 1. The molecule has 0 aliphatic carbocycles. The molecule has 7 nitrogen and oxygen atoms in total. The van der Waals surface area contributed by atoms with E-state index in [1.165, 1.54) is 24.3 Å². The number of hydrogen-bond acceptors (Lipinski definition) is 5. The van der Waals surface area contributed by atoms with Crippen LogP contribution in [0.15, 0.2) is 48.5 Å². The van der Waals surface area contributed by atoms with E-state index in [1.54, 1.807) is 38.3 Å². The van der Waals surface area contributed by atoms with Crippen molar-refractivity contribution in [2.75, 3.05) is 12.4 Å². The predicted octanol–water partition coefficient (Wildman–Crippen LogP) is 3.01. The maximum atomic E-state index is 12.1. The van der Waals surface area contributed by atoms with Gasteiger partial charge in [-0.2, -0.15) is 0 Å². The van der Waals surface area contributed by atoms with Crippen molar-refractivity contribution in [3.63, 3.8) is 0 Å². The van der Waals surface area contributed by atoms with E-state index in [-0.39, 0.29) is 11.6 Å².